The zero-order valence-corrected chi connectivity index (χ0v) is 7.25. The Morgan fingerprint density at radius 3 is 2.91 bits per heavy atom. The molecule has 56 valence electrons. The minimum atomic E-state index is 0.760. The fraction of sp³-hybridized carbons (Fsp3) is 0. The molecule has 2 aromatic rings. The standard InChI is InChI=1S/C8H6ClNS/c9-6-1-2-7-5(3-6)4-8(10)11-7/h1-4H,10H2. The van der Waals surface area contributed by atoms with Crippen molar-refractivity contribution in [3.05, 3.63) is 29.3 Å². The first-order valence-electron chi connectivity index (χ1n) is 3.20. The first-order valence-corrected chi connectivity index (χ1v) is 4.40. The molecular formula is C8H6ClNS. The number of hydrogen-bond acceptors (Lipinski definition) is 2. The predicted octanol–water partition coefficient (Wildman–Crippen LogP) is 3.14. The Hall–Kier alpha value is -0.730. The molecule has 0 spiro atoms. The van der Waals surface area contributed by atoms with Gasteiger partial charge in [0.2, 0.25) is 0 Å². The van der Waals surface area contributed by atoms with E-state index in [0.29, 0.717) is 0 Å². The number of hydrogen-bond donors (Lipinski definition) is 1. The van der Waals surface area contributed by atoms with Gasteiger partial charge in [0.15, 0.2) is 0 Å². The summed E-state index contributed by atoms with van der Waals surface area (Å²) in [6.07, 6.45) is 0. The molecular weight excluding hydrogens is 178 g/mol. The van der Waals surface area contributed by atoms with Gasteiger partial charge in [0.1, 0.15) is 0 Å². The lowest BCUT2D eigenvalue weighted by Crippen LogP contribution is -1.72. The van der Waals surface area contributed by atoms with Gasteiger partial charge in [-0.1, -0.05) is 11.6 Å². The molecule has 1 aromatic carbocycles. The van der Waals surface area contributed by atoms with Crippen LogP contribution in [0, 0.1) is 0 Å². The third kappa shape index (κ3) is 1.19. The van der Waals surface area contributed by atoms with Crippen LogP contribution >= 0.6 is 22.9 Å². The molecule has 0 radical (unpaired) electrons. The lowest BCUT2D eigenvalue weighted by atomic mass is 10.3. The van der Waals surface area contributed by atoms with Gasteiger partial charge >= 0.3 is 0 Å². The molecule has 0 atom stereocenters. The molecule has 11 heavy (non-hydrogen) atoms. The summed E-state index contributed by atoms with van der Waals surface area (Å²) in [6, 6.07) is 7.72. The van der Waals surface area contributed by atoms with Crippen molar-refractivity contribution in [2.24, 2.45) is 0 Å². The Labute approximate surface area is 73.4 Å². The van der Waals surface area contributed by atoms with Crippen LogP contribution in [0.2, 0.25) is 5.02 Å². The van der Waals surface area contributed by atoms with E-state index in [1.807, 2.05) is 24.3 Å². The highest BCUT2D eigenvalue weighted by Crippen LogP contribution is 2.29. The van der Waals surface area contributed by atoms with Crippen molar-refractivity contribution >= 4 is 38.0 Å². The van der Waals surface area contributed by atoms with Crippen LogP contribution in [0.4, 0.5) is 5.00 Å². The van der Waals surface area contributed by atoms with Crippen LogP contribution in [0.25, 0.3) is 10.1 Å². The fourth-order valence-electron chi connectivity index (χ4n) is 1.03. The zero-order valence-electron chi connectivity index (χ0n) is 5.67. The van der Waals surface area contributed by atoms with Gasteiger partial charge in [-0.05, 0) is 29.7 Å². The quantitative estimate of drug-likeness (QED) is 0.667. The number of nitrogens with two attached hydrogens (primary N) is 1. The van der Waals surface area contributed by atoms with Crippen molar-refractivity contribution in [1.29, 1.82) is 0 Å². The van der Waals surface area contributed by atoms with E-state index in [1.54, 1.807) is 11.3 Å². The van der Waals surface area contributed by atoms with Gasteiger partial charge in [0.25, 0.3) is 0 Å². The average molecular weight is 184 g/mol. The summed E-state index contributed by atoms with van der Waals surface area (Å²) in [6.45, 7) is 0. The highest BCUT2D eigenvalue weighted by molar-refractivity contribution is 7.22. The monoisotopic (exact) mass is 183 g/mol. The highest BCUT2D eigenvalue weighted by Gasteiger charge is 1.97. The van der Waals surface area contributed by atoms with E-state index < -0.39 is 0 Å². The number of thiophene rings is 1. The second kappa shape index (κ2) is 2.40. The van der Waals surface area contributed by atoms with Crippen LogP contribution in [0.5, 0.6) is 0 Å². The molecule has 1 heterocycles. The van der Waals surface area contributed by atoms with Gasteiger partial charge in [0.05, 0.1) is 5.00 Å². The molecule has 1 nitrogen and oxygen atoms in total. The maximum Gasteiger partial charge on any atom is 0.0868 e. The van der Waals surface area contributed by atoms with Crippen LogP contribution in [0.3, 0.4) is 0 Å². The second-order valence-electron chi connectivity index (χ2n) is 2.33. The van der Waals surface area contributed by atoms with Crippen LogP contribution < -0.4 is 5.73 Å². The molecule has 2 rings (SSSR count). The summed E-state index contributed by atoms with van der Waals surface area (Å²) >= 11 is 7.37. The van der Waals surface area contributed by atoms with Gasteiger partial charge in [-0.25, -0.2) is 0 Å². The summed E-state index contributed by atoms with van der Waals surface area (Å²) in [5, 5.41) is 2.72. The van der Waals surface area contributed by atoms with Gasteiger partial charge in [-0.3, -0.25) is 0 Å². The minimum absolute atomic E-state index is 0.760. The number of fused-ring (bicyclic) bond motifs is 1. The van der Waals surface area contributed by atoms with E-state index in [1.165, 1.54) is 4.70 Å². The van der Waals surface area contributed by atoms with E-state index >= 15 is 0 Å². The van der Waals surface area contributed by atoms with E-state index in [2.05, 4.69) is 0 Å². The largest absolute Gasteiger partial charge is 0.391 e. The Morgan fingerprint density at radius 2 is 2.09 bits per heavy atom. The highest BCUT2D eigenvalue weighted by atomic mass is 35.5. The number of rotatable bonds is 0. The van der Waals surface area contributed by atoms with E-state index in [0.717, 1.165) is 15.4 Å². The molecule has 0 aliphatic carbocycles. The summed E-state index contributed by atoms with van der Waals surface area (Å²) in [5.41, 5.74) is 5.62. The fourth-order valence-corrected chi connectivity index (χ4v) is 2.03. The summed E-state index contributed by atoms with van der Waals surface area (Å²) in [7, 11) is 0. The van der Waals surface area contributed by atoms with E-state index in [9.17, 15) is 0 Å². The third-order valence-corrected chi connectivity index (χ3v) is 2.68. The van der Waals surface area contributed by atoms with Crippen molar-refractivity contribution in [2.75, 3.05) is 5.73 Å². The Kier molecular flexibility index (Phi) is 1.51. The van der Waals surface area contributed by atoms with Crippen LogP contribution in [0.15, 0.2) is 24.3 Å². The summed E-state index contributed by atoms with van der Waals surface area (Å²) in [4.78, 5) is 0. The van der Waals surface area contributed by atoms with Gasteiger partial charge in [-0.2, -0.15) is 0 Å². The Bertz CT molecular complexity index is 394. The van der Waals surface area contributed by atoms with Crippen molar-refractivity contribution in [2.45, 2.75) is 0 Å². The lowest BCUT2D eigenvalue weighted by molar-refractivity contribution is 1.84. The van der Waals surface area contributed by atoms with Gasteiger partial charge < -0.3 is 5.73 Å². The summed E-state index contributed by atoms with van der Waals surface area (Å²) in [5.74, 6) is 0. The number of benzene rings is 1. The molecule has 3 heteroatoms. The smallest absolute Gasteiger partial charge is 0.0868 e. The minimum Gasteiger partial charge on any atom is -0.391 e. The SMILES string of the molecule is Nc1cc2cc(Cl)ccc2s1. The van der Waals surface area contributed by atoms with E-state index in [4.69, 9.17) is 17.3 Å². The second-order valence-corrected chi connectivity index (χ2v) is 3.88. The number of anilines is 1. The maximum absolute atomic E-state index is 5.79. The topological polar surface area (TPSA) is 26.0 Å². The van der Waals surface area contributed by atoms with Crippen LogP contribution in [-0.2, 0) is 0 Å². The van der Waals surface area contributed by atoms with Crippen LogP contribution in [0.1, 0.15) is 0 Å². The molecule has 2 N–H and O–H groups in total. The summed E-state index contributed by atoms with van der Waals surface area (Å²) < 4.78 is 1.19. The molecule has 0 unspecified atom stereocenters. The first-order chi connectivity index (χ1) is 5.25. The number of halogens is 1. The van der Waals surface area contributed by atoms with E-state index in [-0.39, 0.29) is 0 Å². The molecule has 0 bridgehead atoms. The Balaban J connectivity index is 2.82. The maximum atomic E-state index is 5.79. The number of nitrogen functional groups attached to an aromatic ring is 1. The van der Waals surface area contributed by atoms with Crippen molar-refractivity contribution in [1.82, 2.24) is 0 Å². The van der Waals surface area contributed by atoms with Crippen LogP contribution in [-0.4, -0.2) is 0 Å². The molecule has 0 amide bonds. The van der Waals surface area contributed by atoms with Crippen molar-refractivity contribution in [3.8, 4) is 0 Å². The van der Waals surface area contributed by atoms with Gasteiger partial charge in [-0.15, -0.1) is 11.3 Å². The third-order valence-electron chi connectivity index (χ3n) is 1.50. The zero-order chi connectivity index (χ0) is 7.84. The normalized spacial score (nSPS) is 10.6. The molecule has 0 saturated heterocycles. The average Bonchev–Trinajstić information content (AvgIpc) is 2.27. The molecule has 0 saturated carbocycles. The Morgan fingerprint density at radius 1 is 1.27 bits per heavy atom. The predicted molar refractivity (Wildman–Crippen MR) is 51.2 cm³/mol. The molecule has 0 aliphatic heterocycles. The molecule has 0 aliphatic rings. The molecule has 1 aromatic heterocycles. The lowest BCUT2D eigenvalue weighted by Gasteiger charge is -1.87. The first kappa shape index (κ1) is 6.95. The van der Waals surface area contributed by atoms with Gasteiger partial charge in [0, 0.05) is 9.72 Å². The van der Waals surface area contributed by atoms with Crippen molar-refractivity contribution in [3.63, 3.8) is 0 Å². The van der Waals surface area contributed by atoms with Crippen molar-refractivity contribution < 1.29 is 0 Å². The molecule has 0 fully saturated rings.